The number of nitrogens with zero attached hydrogens (tertiary/aromatic N) is 1. The Bertz CT molecular complexity index is 967. The molecular formula is C21H19NO5S. The largest absolute Gasteiger partial charge is 0.497 e. The van der Waals surface area contributed by atoms with Gasteiger partial charge in [-0.2, -0.15) is 0 Å². The van der Waals surface area contributed by atoms with Crippen molar-refractivity contribution in [1.29, 1.82) is 0 Å². The van der Waals surface area contributed by atoms with Crippen LogP contribution in [0.2, 0.25) is 0 Å². The lowest BCUT2D eigenvalue weighted by molar-refractivity contribution is -0.145. The van der Waals surface area contributed by atoms with E-state index in [1.54, 1.807) is 7.11 Å². The van der Waals surface area contributed by atoms with Crippen LogP contribution in [0.15, 0.2) is 47.8 Å². The van der Waals surface area contributed by atoms with E-state index in [1.165, 1.54) is 11.3 Å². The van der Waals surface area contributed by atoms with Gasteiger partial charge in [0.25, 0.3) is 0 Å². The maximum Gasteiger partial charge on any atom is 0.306 e. The molecule has 0 radical (unpaired) electrons. The first kappa shape index (κ1) is 18.3. The minimum absolute atomic E-state index is 0.173. The van der Waals surface area contributed by atoms with Gasteiger partial charge in [0.15, 0.2) is 11.5 Å². The molecule has 0 atom stereocenters. The zero-order valence-corrected chi connectivity index (χ0v) is 16.2. The lowest BCUT2D eigenvalue weighted by atomic mass is 10.1. The number of benzene rings is 2. The number of carbonyl (C=O) groups is 1. The number of fused-ring (bicyclic) bond motifs is 1. The number of aromatic nitrogens is 1. The van der Waals surface area contributed by atoms with Crippen LogP contribution in [-0.4, -0.2) is 24.9 Å². The summed E-state index contributed by atoms with van der Waals surface area (Å²) in [6.07, 6.45) is 0.888. The van der Waals surface area contributed by atoms with Gasteiger partial charge in [0.05, 0.1) is 12.8 Å². The van der Waals surface area contributed by atoms with Gasteiger partial charge in [0.2, 0.25) is 6.79 Å². The number of aryl methyl sites for hydroxylation is 1. The molecule has 144 valence electrons. The van der Waals surface area contributed by atoms with Crippen LogP contribution in [0.25, 0.3) is 10.6 Å². The number of rotatable bonds is 7. The van der Waals surface area contributed by atoms with Crippen molar-refractivity contribution in [2.24, 2.45) is 0 Å². The van der Waals surface area contributed by atoms with Gasteiger partial charge in [-0.1, -0.05) is 6.07 Å². The Hall–Kier alpha value is -3.06. The molecular weight excluding hydrogens is 378 g/mol. The van der Waals surface area contributed by atoms with E-state index >= 15 is 0 Å². The summed E-state index contributed by atoms with van der Waals surface area (Å²) in [5, 5.41) is 2.79. The Morgan fingerprint density at radius 1 is 1.14 bits per heavy atom. The fraction of sp³-hybridized carbons (Fsp3) is 0.238. The number of thiazole rings is 1. The fourth-order valence-corrected chi connectivity index (χ4v) is 3.62. The van der Waals surface area contributed by atoms with E-state index in [0.29, 0.717) is 12.8 Å². The average Bonchev–Trinajstić information content (AvgIpc) is 3.39. The maximum absolute atomic E-state index is 12.1. The Labute approximate surface area is 166 Å². The molecule has 7 heteroatoms. The highest BCUT2D eigenvalue weighted by Gasteiger charge is 2.14. The summed E-state index contributed by atoms with van der Waals surface area (Å²) in [4.78, 5) is 16.6. The van der Waals surface area contributed by atoms with E-state index in [4.69, 9.17) is 18.9 Å². The van der Waals surface area contributed by atoms with Gasteiger partial charge in [-0.25, -0.2) is 4.98 Å². The minimum atomic E-state index is -0.253. The molecule has 0 saturated carbocycles. The zero-order chi connectivity index (χ0) is 19.3. The van der Waals surface area contributed by atoms with Crippen molar-refractivity contribution in [3.63, 3.8) is 0 Å². The number of methoxy groups -OCH3 is 1. The topological polar surface area (TPSA) is 66.9 Å². The predicted octanol–water partition coefficient (Wildman–Crippen LogP) is 4.22. The Morgan fingerprint density at radius 2 is 1.96 bits per heavy atom. The van der Waals surface area contributed by atoms with Crippen LogP contribution in [0.1, 0.15) is 17.7 Å². The summed E-state index contributed by atoms with van der Waals surface area (Å²) >= 11 is 1.52. The summed E-state index contributed by atoms with van der Waals surface area (Å²) in [5.41, 5.74) is 2.76. The van der Waals surface area contributed by atoms with Gasteiger partial charge in [0, 0.05) is 17.4 Å². The van der Waals surface area contributed by atoms with Crippen molar-refractivity contribution >= 4 is 17.3 Å². The summed E-state index contributed by atoms with van der Waals surface area (Å²) in [6.45, 7) is 0.416. The molecule has 1 aliphatic heterocycles. The SMILES string of the molecule is COc1ccc(-c2nc(COC(=O)CCc3ccc4c(c3)OCO4)cs2)cc1. The van der Waals surface area contributed by atoms with Crippen LogP contribution in [-0.2, 0) is 22.6 Å². The standard InChI is InChI=1S/C21H19NO5S/c1-24-17-6-4-15(5-7-17)21-22-16(12-28-21)11-25-20(23)9-3-14-2-8-18-19(10-14)27-13-26-18/h2,4-8,10,12H,3,9,11,13H2,1H3. The molecule has 0 saturated heterocycles. The van der Waals surface area contributed by atoms with Crippen molar-refractivity contribution in [2.45, 2.75) is 19.4 Å². The molecule has 2 aromatic carbocycles. The first-order chi connectivity index (χ1) is 13.7. The van der Waals surface area contributed by atoms with Crippen LogP contribution in [0.4, 0.5) is 0 Å². The quantitative estimate of drug-likeness (QED) is 0.556. The highest BCUT2D eigenvalue weighted by atomic mass is 32.1. The Kier molecular flexibility index (Phi) is 5.43. The van der Waals surface area contributed by atoms with Crippen molar-refractivity contribution in [3.05, 3.63) is 59.1 Å². The molecule has 0 aliphatic carbocycles. The Balaban J connectivity index is 1.27. The molecule has 1 aliphatic rings. The third-order valence-corrected chi connectivity index (χ3v) is 5.26. The lowest BCUT2D eigenvalue weighted by Gasteiger charge is -2.04. The highest BCUT2D eigenvalue weighted by molar-refractivity contribution is 7.13. The van der Waals surface area contributed by atoms with Gasteiger partial charge in [-0.15, -0.1) is 11.3 Å². The van der Waals surface area contributed by atoms with Crippen molar-refractivity contribution < 1.29 is 23.7 Å². The first-order valence-corrected chi connectivity index (χ1v) is 9.72. The lowest BCUT2D eigenvalue weighted by Crippen LogP contribution is -2.06. The van der Waals surface area contributed by atoms with Crippen molar-refractivity contribution in [3.8, 4) is 27.8 Å². The fourth-order valence-electron chi connectivity index (χ4n) is 2.81. The number of hydrogen-bond donors (Lipinski definition) is 0. The summed E-state index contributed by atoms with van der Waals surface area (Å²) in [5.74, 6) is 2.01. The molecule has 0 unspecified atom stereocenters. The molecule has 0 spiro atoms. The monoisotopic (exact) mass is 397 g/mol. The second-order valence-corrected chi connectivity index (χ2v) is 7.08. The third-order valence-electron chi connectivity index (χ3n) is 4.32. The van der Waals surface area contributed by atoms with Crippen LogP contribution in [0.3, 0.4) is 0 Å². The van der Waals surface area contributed by atoms with Crippen LogP contribution >= 0.6 is 11.3 Å². The normalized spacial score (nSPS) is 12.0. The minimum Gasteiger partial charge on any atom is -0.497 e. The number of hydrogen-bond acceptors (Lipinski definition) is 7. The maximum atomic E-state index is 12.1. The zero-order valence-electron chi connectivity index (χ0n) is 15.3. The van der Waals surface area contributed by atoms with E-state index in [1.807, 2.05) is 47.8 Å². The molecule has 28 heavy (non-hydrogen) atoms. The summed E-state index contributed by atoms with van der Waals surface area (Å²) in [6, 6.07) is 13.4. The van der Waals surface area contributed by atoms with E-state index in [2.05, 4.69) is 4.98 Å². The van der Waals surface area contributed by atoms with Crippen LogP contribution < -0.4 is 14.2 Å². The highest BCUT2D eigenvalue weighted by Crippen LogP contribution is 2.32. The summed E-state index contributed by atoms with van der Waals surface area (Å²) < 4.78 is 21.2. The van der Waals surface area contributed by atoms with Crippen molar-refractivity contribution in [2.75, 3.05) is 13.9 Å². The van der Waals surface area contributed by atoms with E-state index < -0.39 is 0 Å². The second-order valence-electron chi connectivity index (χ2n) is 6.22. The first-order valence-electron chi connectivity index (χ1n) is 8.84. The van der Waals surface area contributed by atoms with Crippen molar-refractivity contribution in [1.82, 2.24) is 4.98 Å². The molecule has 1 aromatic heterocycles. The molecule has 6 nitrogen and oxygen atoms in total. The third kappa shape index (κ3) is 4.26. The predicted molar refractivity (Wildman–Crippen MR) is 105 cm³/mol. The number of carbonyl (C=O) groups excluding carboxylic acids is 1. The molecule has 0 fully saturated rings. The van der Waals surface area contributed by atoms with E-state index in [-0.39, 0.29) is 19.4 Å². The van der Waals surface area contributed by atoms with Gasteiger partial charge < -0.3 is 18.9 Å². The average molecular weight is 397 g/mol. The van der Waals surface area contributed by atoms with Gasteiger partial charge >= 0.3 is 5.97 Å². The van der Waals surface area contributed by atoms with E-state index in [0.717, 1.165) is 39.1 Å². The van der Waals surface area contributed by atoms with Crippen LogP contribution in [0.5, 0.6) is 17.2 Å². The number of ether oxygens (including phenoxy) is 4. The molecule has 0 N–H and O–H groups in total. The van der Waals surface area contributed by atoms with Crippen LogP contribution in [0, 0.1) is 0 Å². The second kappa shape index (κ2) is 8.31. The Morgan fingerprint density at radius 3 is 2.79 bits per heavy atom. The molecule has 2 heterocycles. The number of esters is 1. The molecule has 4 rings (SSSR count). The smallest absolute Gasteiger partial charge is 0.306 e. The van der Waals surface area contributed by atoms with E-state index in [9.17, 15) is 4.79 Å². The molecule has 0 bridgehead atoms. The summed E-state index contributed by atoms with van der Waals surface area (Å²) in [7, 11) is 1.64. The van der Waals surface area contributed by atoms with Gasteiger partial charge in [0.1, 0.15) is 17.4 Å². The van der Waals surface area contributed by atoms with Gasteiger partial charge in [-0.05, 0) is 48.4 Å². The molecule has 3 aromatic rings. The van der Waals surface area contributed by atoms with Gasteiger partial charge in [-0.3, -0.25) is 4.79 Å². The molecule has 0 amide bonds.